The first kappa shape index (κ1) is 19.3. The molecule has 1 unspecified atom stereocenters. The Balaban J connectivity index is 1.83. The lowest BCUT2D eigenvalue weighted by Crippen LogP contribution is -2.25. The van der Waals surface area contributed by atoms with Crippen molar-refractivity contribution in [1.82, 2.24) is 24.5 Å². The second kappa shape index (κ2) is 7.90. The summed E-state index contributed by atoms with van der Waals surface area (Å²) in [5.74, 6) is 0. The summed E-state index contributed by atoms with van der Waals surface area (Å²) in [7, 11) is -1.79. The van der Waals surface area contributed by atoms with Crippen molar-refractivity contribution in [3.05, 3.63) is 100 Å². The molecule has 5 rings (SSSR count). The number of rotatable bonds is 4. The molecule has 2 heterocycles. The topological polar surface area (TPSA) is 82.7 Å². The van der Waals surface area contributed by atoms with E-state index in [2.05, 4.69) is 15.3 Å². The van der Waals surface area contributed by atoms with Crippen LogP contribution in [0.5, 0.6) is 0 Å². The van der Waals surface area contributed by atoms with Gasteiger partial charge in [0.15, 0.2) is 11.2 Å². The summed E-state index contributed by atoms with van der Waals surface area (Å²) in [5, 5.41) is 8.69. The molecular formula is C22H14ClN5O2S. The first-order valence-electron chi connectivity index (χ1n) is 9.30. The lowest BCUT2D eigenvalue weighted by Gasteiger charge is -2.12. The van der Waals surface area contributed by atoms with Gasteiger partial charge in [0, 0.05) is 9.92 Å². The zero-order valence-electron chi connectivity index (χ0n) is 15.9. The molecule has 7 nitrogen and oxygen atoms in total. The molecule has 152 valence electrons. The maximum absolute atomic E-state index is 13.5. The van der Waals surface area contributed by atoms with Gasteiger partial charge in [-0.15, -0.1) is 5.10 Å². The van der Waals surface area contributed by atoms with Crippen molar-refractivity contribution in [2.24, 2.45) is 0 Å². The molecule has 31 heavy (non-hydrogen) atoms. The van der Waals surface area contributed by atoms with Gasteiger partial charge < -0.3 is 0 Å². The molecule has 0 aliphatic heterocycles. The minimum atomic E-state index is -1.79. The zero-order chi connectivity index (χ0) is 21.4. The summed E-state index contributed by atoms with van der Waals surface area (Å²) >= 11 is 6.10. The Kier molecular flexibility index (Phi) is 4.93. The van der Waals surface area contributed by atoms with Gasteiger partial charge in [-0.3, -0.25) is 9.36 Å². The number of benzene rings is 3. The Morgan fingerprint density at radius 2 is 1.52 bits per heavy atom. The maximum Gasteiger partial charge on any atom is 0.289 e. The molecule has 0 N–H and O–H groups in total. The summed E-state index contributed by atoms with van der Waals surface area (Å²) in [5.41, 5.74) is 1.08. The Morgan fingerprint density at radius 3 is 2.19 bits per heavy atom. The predicted molar refractivity (Wildman–Crippen MR) is 118 cm³/mol. The fourth-order valence-electron chi connectivity index (χ4n) is 3.21. The third kappa shape index (κ3) is 3.45. The normalized spacial score (nSPS) is 12.2. The quantitative estimate of drug-likeness (QED) is 0.391. The standard InChI is InChI=1S/C22H14ClN5O2S/c23-15-8-7-13-18(14-15)31(30)22-24-20-19(21(29)27(22)16-9-3-1-4-10-16)25-26-28(20)17-11-5-2-6-12-17/h1-14H. The zero-order valence-corrected chi connectivity index (χ0v) is 17.5. The lowest BCUT2D eigenvalue weighted by atomic mass is 10.3. The van der Waals surface area contributed by atoms with Crippen molar-refractivity contribution >= 4 is 33.6 Å². The number of para-hydroxylation sites is 2. The highest BCUT2D eigenvalue weighted by Crippen LogP contribution is 2.22. The molecule has 0 bridgehead atoms. The van der Waals surface area contributed by atoms with E-state index in [-0.39, 0.29) is 16.3 Å². The van der Waals surface area contributed by atoms with Crippen LogP contribution in [0.25, 0.3) is 22.5 Å². The minimum Gasteiger partial charge on any atom is -0.266 e. The minimum absolute atomic E-state index is 0.0606. The molecule has 0 saturated carbocycles. The third-order valence-corrected chi connectivity index (χ3v) is 6.16. The molecule has 0 spiro atoms. The molecule has 3 aromatic carbocycles. The monoisotopic (exact) mass is 447 g/mol. The summed E-state index contributed by atoms with van der Waals surface area (Å²) in [6.07, 6.45) is 0. The Bertz CT molecular complexity index is 1480. The van der Waals surface area contributed by atoms with Crippen molar-refractivity contribution in [1.29, 1.82) is 0 Å². The average Bonchev–Trinajstić information content (AvgIpc) is 3.24. The number of nitrogens with zero attached hydrogens (tertiary/aromatic N) is 5. The van der Waals surface area contributed by atoms with E-state index in [9.17, 15) is 9.00 Å². The third-order valence-electron chi connectivity index (χ3n) is 4.64. The first-order chi connectivity index (χ1) is 15.1. The molecule has 2 aromatic heterocycles. The molecule has 0 radical (unpaired) electrons. The van der Waals surface area contributed by atoms with Crippen LogP contribution in [-0.4, -0.2) is 28.8 Å². The van der Waals surface area contributed by atoms with Gasteiger partial charge in [0.2, 0.25) is 5.16 Å². The van der Waals surface area contributed by atoms with Crippen LogP contribution in [0.2, 0.25) is 5.02 Å². The van der Waals surface area contributed by atoms with Crippen LogP contribution in [-0.2, 0) is 10.8 Å². The highest BCUT2D eigenvalue weighted by Gasteiger charge is 2.23. The van der Waals surface area contributed by atoms with Gasteiger partial charge in [-0.25, -0.2) is 4.21 Å². The second-order valence-electron chi connectivity index (χ2n) is 6.61. The number of hydrogen-bond donors (Lipinski definition) is 0. The number of halogens is 1. The Hall–Kier alpha value is -3.62. The molecular weight excluding hydrogens is 434 g/mol. The molecule has 0 saturated heterocycles. The van der Waals surface area contributed by atoms with E-state index in [1.807, 2.05) is 36.4 Å². The SMILES string of the molecule is O=c1c2nnn(-c3ccccc3)c2nc(S(=O)c2cccc(Cl)c2)n1-c1ccccc1. The molecule has 0 aliphatic carbocycles. The van der Waals surface area contributed by atoms with Crippen molar-refractivity contribution < 1.29 is 4.21 Å². The highest BCUT2D eigenvalue weighted by molar-refractivity contribution is 7.85. The molecule has 1 atom stereocenters. The van der Waals surface area contributed by atoms with Crippen molar-refractivity contribution in [3.8, 4) is 11.4 Å². The number of aromatic nitrogens is 5. The highest BCUT2D eigenvalue weighted by atomic mass is 35.5. The fourth-order valence-corrected chi connectivity index (χ4v) is 4.63. The molecule has 0 fully saturated rings. The van der Waals surface area contributed by atoms with Crippen LogP contribution in [0.4, 0.5) is 0 Å². The van der Waals surface area contributed by atoms with Crippen LogP contribution in [0.1, 0.15) is 0 Å². The predicted octanol–water partition coefficient (Wildman–Crippen LogP) is 3.79. The summed E-state index contributed by atoms with van der Waals surface area (Å²) < 4.78 is 16.3. The van der Waals surface area contributed by atoms with E-state index in [1.54, 1.807) is 48.5 Å². The van der Waals surface area contributed by atoms with Gasteiger partial charge >= 0.3 is 0 Å². The van der Waals surface area contributed by atoms with E-state index in [0.717, 1.165) is 0 Å². The van der Waals surface area contributed by atoms with E-state index in [1.165, 1.54) is 9.25 Å². The number of hydrogen-bond acceptors (Lipinski definition) is 5. The largest absolute Gasteiger partial charge is 0.289 e. The fraction of sp³-hybridized carbons (Fsp3) is 0. The van der Waals surface area contributed by atoms with Crippen molar-refractivity contribution in [2.45, 2.75) is 10.1 Å². The summed E-state index contributed by atoms with van der Waals surface area (Å²) in [6.45, 7) is 0. The van der Waals surface area contributed by atoms with Crippen LogP contribution in [0.15, 0.2) is 99.8 Å². The van der Waals surface area contributed by atoms with Gasteiger partial charge in [-0.1, -0.05) is 59.3 Å². The number of fused-ring (bicyclic) bond motifs is 1. The van der Waals surface area contributed by atoms with Gasteiger partial charge in [0.1, 0.15) is 10.8 Å². The van der Waals surface area contributed by atoms with Crippen molar-refractivity contribution in [3.63, 3.8) is 0 Å². The van der Waals surface area contributed by atoms with Crippen LogP contribution in [0, 0.1) is 0 Å². The maximum atomic E-state index is 13.5. The molecule has 0 amide bonds. The van der Waals surface area contributed by atoms with Crippen molar-refractivity contribution in [2.75, 3.05) is 0 Å². The van der Waals surface area contributed by atoms with Crippen LogP contribution in [0.3, 0.4) is 0 Å². The summed E-state index contributed by atoms with van der Waals surface area (Å²) in [6, 6.07) is 24.8. The molecule has 5 aromatic rings. The van der Waals surface area contributed by atoms with E-state index >= 15 is 0 Å². The van der Waals surface area contributed by atoms with Gasteiger partial charge in [0.05, 0.1) is 11.4 Å². The Morgan fingerprint density at radius 1 is 0.839 bits per heavy atom. The first-order valence-corrected chi connectivity index (χ1v) is 10.8. The van der Waals surface area contributed by atoms with Crippen LogP contribution >= 0.6 is 11.6 Å². The Labute approximate surface area is 184 Å². The lowest BCUT2D eigenvalue weighted by molar-refractivity contribution is 0.666. The molecule has 0 aliphatic rings. The second-order valence-corrected chi connectivity index (χ2v) is 8.42. The van der Waals surface area contributed by atoms with E-state index < -0.39 is 16.4 Å². The van der Waals surface area contributed by atoms with Gasteiger partial charge in [-0.05, 0) is 42.5 Å². The van der Waals surface area contributed by atoms with Gasteiger partial charge in [0.25, 0.3) is 5.56 Å². The van der Waals surface area contributed by atoms with E-state index in [0.29, 0.717) is 21.3 Å². The summed E-state index contributed by atoms with van der Waals surface area (Å²) in [4.78, 5) is 18.5. The molecule has 9 heteroatoms. The van der Waals surface area contributed by atoms with Crippen LogP contribution < -0.4 is 5.56 Å². The average molecular weight is 448 g/mol. The van der Waals surface area contributed by atoms with E-state index in [4.69, 9.17) is 11.6 Å². The smallest absolute Gasteiger partial charge is 0.266 e. The van der Waals surface area contributed by atoms with Gasteiger partial charge in [-0.2, -0.15) is 9.67 Å².